The summed E-state index contributed by atoms with van der Waals surface area (Å²) in [6, 6.07) is 3.60. The van der Waals surface area contributed by atoms with Crippen LogP contribution < -0.4 is 4.74 Å². The van der Waals surface area contributed by atoms with E-state index in [-0.39, 0.29) is 6.09 Å². The number of pyridine rings is 1. The van der Waals surface area contributed by atoms with Crippen LogP contribution in [0.4, 0.5) is 4.79 Å². The minimum absolute atomic E-state index is 0.376. The van der Waals surface area contributed by atoms with Crippen LogP contribution in [0.1, 0.15) is 57.1 Å². The first kappa shape index (κ1) is 33.5. The van der Waals surface area contributed by atoms with Crippen molar-refractivity contribution >= 4 is 38.0 Å². The number of hydrogen-bond acceptors (Lipinski definition) is 5. The van der Waals surface area contributed by atoms with E-state index in [1.807, 2.05) is 11.7 Å². The number of carbonyl (C=O) groups excluding carboxylic acids is 1. The zero-order valence-electron chi connectivity index (χ0n) is 21.4. The Hall–Kier alpha value is -0.700. The first-order valence-electron chi connectivity index (χ1n) is 11.3. The number of hydrogen-bond donors (Lipinski definition) is 0. The van der Waals surface area contributed by atoms with Gasteiger partial charge in [0.05, 0.1) is 5.69 Å². The molecule has 188 valence electrons. The molecule has 0 N–H and O–H groups in total. The Morgan fingerprint density at radius 3 is 1.84 bits per heavy atom. The van der Waals surface area contributed by atoms with E-state index in [4.69, 9.17) is 4.74 Å². The highest BCUT2D eigenvalue weighted by Gasteiger charge is 2.13. The molecule has 0 aliphatic heterocycles. The van der Waals surface area contributed by atoms with Gasteiger partial charge in [0.2, 0.25) is 0 Å². The Morgan fingerprint density at radius 2 is 1.34 bits per heavy atom. The van der Waals surface area contributed by atoms with E-state index in [0.29, 0.717) is 12.3 Å². The van der Waals surface area contributed by atoms with Crippen molar-refractivity contribution in [3.05, 3.63) is 24.0 Å². The fraction of sp³-hybridized carbons (Fsp3) is 0.750. The number of nitrogens with zero attached hydrogens (tertiary/aromatic N) is 4. The maximum atomic E-state index is 11.8. The van der Waals surface area contributed by atoms with Crippen molar-refractivity contribution in [3.8, 4) is 5.75 Å². The lowest BCUT2D eigenvalue weighted by Gasteiger charge is -2.18. The molecule has 0 radical (unpaired) electrons. The van der Waals surface area contributed by atoms with Gasteiger partial charge in [-0.3, -0.25) is 4.98 Å². The third-order valence-electron chi connectivity index (χ3n) is 4.73. The van der Waals surface area contributed by atoms with Crippen molar-refractivity contribution in [1.82, 2.24) is 19.7 Å². The average molecular weight is 582 g/mol. The van der Waals surface area contributed by atoms with E-state index in [0.717, 1.165) is 12.2 Å². The van der Waals surface area contributed by atoms with E-state index in [1.54, 1.807) is 32.4 Å². The van der Waals surface area contributed by atoms with E-state index >= 15 is 0 Å². The van der Waals surface area contributed by atoms with Gasteiger partial charge in [-0.2, -0.15) is 0 Å². The number of amides is 1. The Labute approximate surface area is 214 Å². The number of aromatic nitrogens is 1. The van der Waals surface area contributed by atoms with Crippen LogP contribution in [0.25, 0.3) is 0 Å². The molecular formula is C24H46Br2N4O2. The Kier molecular flexibility index (Phi) is 24.5. The lowest BCUT2D eigenvalue weighted by Crippen LogP contribution is -2.26. The Balaban J connectivity index is 0. The van der Waals surface area contributed by atoms with Crippen molar-refractivity contribution in [2.75, 3.05) is 60.0 Å². The predicted molar refractivity (Wildman–Crippen MR) is 145 cm³/mol. The van der Waals surface area contributed by atoms with Gasteiger partial charge in [0, 0.05) is 26.8 Å². The fourth-order valence-corrected chi connectivity index (χ4v) is 3.03. The predicted octanol–water partition coefficient (Wildman–Crippen LogP) is 6.28. The molecule has 0 spiro atoms. The quantitative estimate of drug-likeness (QED) is 0.191. The largest absolute Gasteiger partial charge is 0.414 e. The van der Waals surface area contributed by atoms with Crippen molar-refractivity contribution in [3.63, 3.8) is 0 Å². The highest BCUT2D eigenvalue weighted by Crippen LogP contribution is 2.18. The van der Waals surface area contributed by atoms with Gasteiger partial charge >= 0.3 is 6.09 Å². The van der Waals surface area contributed by atoms with Crippen LogP contribution >= 0.6 is 31.9 Å². The third kappa shape index (κ3) is 18.8. The topological polar surface area (TPSA) is 48.9 Å². The number of unbranched alkanes of at least 4 members (excludes halogenated alkanes) is 7. The van der Waals surface area contributed by atoms with E-state index < -0.39 is 0 Å². The third-order valence-corrected chi connectivity index (χ3v) is 4.73. The summed E-state index contributed by atoms with van der Waals surface area (Å²) in [4.78, 5) is 22.1. The number of ether oxygens (including phenoxy) is 1. The molecule has 0 unspecified atom stereocenters. The molecule has 0 aliphatic carbocycles. The van der Waals surface area contributed by atoms with Crippen molar-refractivity contribution < 1.29 is 9.53 Å². The summed E-state index contributed by atoms with van der Waals surface area (Å²) in [6.07, 6.45) is 11.9. The first-order chi connectivity index (χ1) is 15.4. The molecule has 1 amide bonds. The fourth-order valence-electron chi connectivity index (χ4n) is 3.03. The van der Waals surface area contributed by atoms with Gasteiger partial charge in [-0.05, 0) is 70.9 Å². The second kappa shape index (κ2) is 23.5. The van der Waals surface area contributed by atoms with Gasteiger partial charge in [-0.15, -0.1) is 0 Å². The van der Waals surface area contributed by atoms with Gasteiger partial charge in [-0.25, -0.2) is 4.79 Å². The molecule has 1 aromatic rings. The average Bonchev–Trinajstić information content (AvgIpc) is 2.78. The highest BCUT2D eigenvalue weighted by molar-refractivity contribution is 9.09. The standard InChI is InChI=1S/C22H40N4O2.2CH3Br/c1-24(2)17-12-10-8-6-7-9-11-13-18-26(5)19-20-21(15-14-16-23-20)28-22(27)25(3)4;2*1-2/h14-16H,6-13,17-19H2,1-5H3;2*1H3. The molecule has 1 heterocycles. The number of halogens is 2. The lowest BCUT2D eigenvalue weighted by molar-refractivity contribution is 0.170. The van der Waals surface area contributed by atoms with E-state index in [1.165, 1.54) is 62.8 Å². The summed E-state index contributed by atoms with van der Waals surface area (Å²) >= 11 is 5.88. The molecule has 0 aliphatic rings. The monoisotopic (exact) mass is 580 g/mol. The van der Waals surface area contributed by atoms with E-state index in [2.05, 4.69) is 67.8 Å². The normalized spacial score (nSPS) is 10.2. The van der Waals surface area contributed by atoms with Gasteiger partial charge in [0.25, 0.3) is 0 Å². The van der Waals surface area contributed by atoms with Crippen LogP contribution in [0.2, 0.25) is 0 Å². The first-order valence-corrected chi connectivity index (χ1v) is 14.5. The van der Waals surface area contributed by atoms with Gasteiger partial charge in [0.15, 0.2) is 5.75 Å². The SMILES string of the molecule is CBr.CBr.CN(C)CCCCCCCCCCN(C)Cc1ncccc1OC(=O)N(C)C. The zero-order chi connectivity index (χ0) is 24.8. The van der Waals surface area contributed by atoms with Crippen LogP contribution in [0.3, 0.4) is 0 Å². The minimum Gasteiger partial charge on any atom is -0.408 e. The van der Waals surface area contributed by atoms with Crippen molar-refractivity contribution in [2.24, 2.45) is 0 Å². The maximum Gasteiger partial charge on any atom is 0.414 e. The molecule has 8 heteroatoms. The van der Waals surface area contributed by atoms with Crippen molar-refractivity contribution in [1.29, 1.82) is 0 Å². The molecule has 1 aromatic heterocycles. The molecule has 6 nitrogen and oxygen atoms in total. The van der Waals surface area contributed by atoms with E-state index in [9.17, 15) is 4.79 Å². The maximum absolute atomic E-state index is 11.8. The molecule has 0 saturated carbocycles. The summed E-state index contributed by atoms with van der Waals surface area (Å²) in [6.45, 7) is 2.92. The van der Waals surface area contributed by atoms with Crippen LogP contribution in [-0.2, 0) is 6.54 Å². The molecule has 32 heavy (non-hydrogen) atoms. The summed E-state index contributed by atoms with van der Waals surface area (Å²) < 4.78 is 5.41. The van der Waals surface area contributed by atoms with Gasteiger partial charge < -0.3 is 19.4 Å². The zero-order valence-corrected chi connectivity index (χ0v) is 24.5. The number of rotatable bonds is 14. The van der Waals surface area contributed by atoms with Gasteiger partial charge in [0.1, 0.15) is 0 Å². The molecule has 0 saturated heterocycles. The number of carbonyl (C=O) groups is 1. The molecule has 0 bridgehead atoms. The molecular weight excluding hydrogens is 536 g/mol. The van der Waals surface area contributed by atoms with Crippen LogP contribution in [0.15, 0.2) is 18.3 Å². The summed E-state index contributed by atoms with van der Waals surface area (Å²) in [7, 11) is 9.73. The Morgan fingerprint density at radius 1 is 0.844 bits per heavy atom. The molecule has 0 fully saturated rings. The summed E-state index contributed by atoms with van der Waals surface area (Å²) in [5.74, 6) is 4.17. The van der Waals surface area contributed by atoms with Crippen LogP contribution in [0.5, 0.6) is 5.75 Å². The smallest absolute Gasteiger partial charge is 0.408 e. The van der Waals surface area contributed by atoms with Crippen LogP contribution in [-0.4, -0.2) is 85.8 Å². The molecule has 1 rings (SSSR count). The lowest BCUT2D eigenvalue weighted by atomic mass is 10.1. The Bertz CT molecular complexity index is 561. The minimum atomic E-state index is -0.376. The number of alkyl halides is 2. The second-order valence-corrected chi connectivity index (χ2v) is 8.08. The highest BCUT2D eigenvalue weighted by atomic mass is 79.9. The molecule has 0 atom stereocenters. The van der Waals surface area contributed by atoms with Crippen LogP contribution in [0, 0.1) is 0 Å². The second-order valence-electron chi connectivity index (χ2n) is 8.08. The van der Waals surface area contributed by atoms with Crippen molar-refractivity contribution in [2.45, 2.75) is 57.9 Å². The van der Waals surface area contributed by atoms with Gasteiger partial charge in [-0.1, -0.05) is 70.4 Å². The summed E-state index contributed by atoms with van der Waals surface area (Å²) in [5, 5.41) is 0. The molecule has 0 aromatic carbocycles. The summed E-state index contributed by atoms with van der Waals surface area (Å²) in [5.41, 5.74) is 0.804.